The maximum atomic E-state index is 14.3. The number of hydrogen-bond donors (Lipinski definition) is 5. The van der Waals surface area contributed by atoms with Crippen molar-refractivity contribution in [2.75, 3.05) is 43.0 Å². The molecule has 0 fully saturated rings. The number of benzene rings is 5. The zero-order valence-corrected chi connectivity index (χ0v) is 48.7. The number of nitrogens with zero attached hydrogens (tertiary/aromatic N) is 4. The number of carbonyl (C=O) groups excluding carboxylic acids is 2. The van der Waals surface area contributed by atoms with Gasteiger partial charge in [-0.25, -0.2) is 30.0 Å². The van der Waals surface area contributed by atoms with Crippen molar-refractivity contribution >= 4 is 88.1 Å². The van der Waals surface area contributed by atoms with Crippen LogP contribution in [0.5, 0.6) is 17.2 Å². The smallest absolute Gasteiger partial charge is 0.744 e. The van der Waals surface area contributed by atoms with Gasteiger partial charge in [-0.3, -0.25) is 40.9 Å². The first-order valence-corrected chi connectivity index (χ1v) is 24.3. The van der Waals surface area contributed by atoms with Gasteiger partial charge in [-0.05, 0) is 108 Å². The van der Waals surface area contributed by atoms with Crippen LogP contribution in [0.15, 0.2) is 147 Å². The molecule has 0 atom stereocenters. The van der Waals surface area contributed by atoms with Crippen LogP contribution in [0, 0.1) is 0 Å². The fraction of sp³-hybridized carbons (Fsp3) is 0.0682. The number of fused-ring (bicyclic) bond motifs is 1. The van der Waals surface area contributed by atoms with E-state index in [1.807, 2.05) is 0 Å². The van der Waals surface area contributed by atoms with Crippen molar-refractivity contribution in [2.24, 2.45) is 20.4 Å². The summed E-state index contributed by atoms with van der Waals surface area (Å²) in [6.07, 6.45) is 4.06. The summed E-state index contributed by atoms with van der Waals surface area (Å²) < 4.78 is 126. The predicted octanol–water partition coefficient (Wildman–Crippen LogP) is -7.88. The Labute approximate surface area is 495 Å². The van der Waals surface area contributed by atoms with E-state index in [9.17, 15) is 68.0 Å². The summed E-state index contributed by atoms with van der Waals surface area (Å²) in [5.74, 6) is -3.19. The minimum atomic E-state index is -5.61. The average molecular weight is 1120 g/mol. The summed E-state index contributed by atoms with van der Waals surface area (Å²) in [4.78, 5) is 60.7. The van der Waals surface area contributed by atoms with E-state index in [2.05, 4.69) is 42.1 Å². The van der Waals surface area contributed by atoms with E-state index in [-0.39, 0.29) is 123 Å². The largest absolute Gasteiger partial charge is 1.00 e. The molecule has 0 heterocycles. The van der Waals surface area contributed by atoms with E-state index in [0.29, 0.717) is 35.0 Å². The molecule has 0 saturated carbocycles. The van der Waals surface area contributed by atoms with Gasteiger partial charge in [-0.15, -0.1) is 0 Å². The van der Waals surface area contributed by atoms with Gasteiger partial charge in [0.05, 0.1) is 70.1 Å². The number of methoxy groups -OCH3 is 3. The first kappa shape index (κ1) is 62.5. The van der Waals surface area contributed by atoms with Crippen LogP contribution in [-0.4, -0.2) is 94.3 Å². The molecule has 0 saturated heterocycles. The van der Waals surface area contributed by atoms with E-state index in [1.54, 1.807) is 24.3 Å². The van der Waals surface area contributed by atoms with Gasteiger partial charge in [0.15, 0.2) is 11.1 Å². The Morgan fingerprint density at radius 3 is 1.67 bits per heavy atom. The third kappa shape index (κ3) is 14.1. The molecular weight excluding hydrogens is 1090 g/mol. The monoisotopic (exact) mass is 1120 g/mol. The molecule has 2 aliphatic carbocycles. The molecule has 0 bridgehead atoms. The number of carboxylic acid groups (broad SMARTS) is 1. The second-order valence-corrected chi connectivity index (χ2v) is 18.9. The van der Waals surface area contributed by atoms with Gasteiger partial charge in [-0.2, -0.15) is 20.4 Å². The van der Waals surface area contributed by atoms with Crippen molar-refractivity contribution < 1.29 is 161 Å². The van der Waals surface area contributed by atoms with Crippen LogP contribution in [0.3, 0.4) is 0 Å². The van der Waals surface area contributed by atoms with Gasteiger partial charge >= 0.3 is 94.6 Å². The number of carboxylic acids is 1. The zero-order valence-electron chi connectivity index (χ0n) is 40.2. The molecule has 0 aliphatic heterocycles. The Morgan fingerprint density at radius 1 is 0.566 bits per heavy atom. The van der Waals surface area contributed by atoms with Gasteiger partial charge in [0.25, 0.3) is 0 Å². The molecule has 0 aromatic heterocycles. The molecule has 0 radical (unpaired) electrons. The quantitative estimate of drug-likeness (QED) is 0.0201. The Hall–Kier alpha value is -6.00. The minimum Gasteiger partial charge on any atom is -0.744 e. The molecular formula is C44H31N8Na3O18S3. The summed E-state index contributed by atoms with van der Waals surface area (Å²) in [7, 11) is -12.1. The molecule has 5 aromatic rings. The van der Waals surface area contributed by atoms with Crippen LogP contribution in [0.2, 0.25) is 0 Å². The number of Topliss-reactive ketones (excluding diaryl/α,β-unsaturated/α-hetero) is 1. The van der Waals surface area contributed by atoms with Crippen LogP contribution in [0.25, 0.3) is 17.2 Å². The van der Waals surface area contributed by atoms with Crippen LogP contribution in [0.4, 0.5) is 22.7 Å². The van der Waals surface area contributed by atoms with Crippen molar-refractivity contribution in [2.45, 2.75) is 9.79 Å². The van der Waals surface area contributed by atoms with Gasteiger partial charge in [0.2, 0.25) is 16.6 Å². The molecule has 32 heteroatoms. The molecule has 7 rings (SSSR count). The summed E-state index contributed by atoms with van der Waals surface area (Å²) in [6, 6.07) is 15.1. The number of anilines is 4. The molecule has 26 nitrogen and oxygen atoms in total. The number of hydrazone groups is 2. The topological polar surface area (TPSA) is 402 Å². The standard InChI is InChI=1S/C44H34N8O18S3.3Na/c1-68-35-13-7-25(71(59,60)61)19-31(35)49-51-40-34(54)12-10-30(42(40)55)48-50-32-20-26(72(62,63)64)14-23-17-38(73(65,66)67)41(43(56)39(23)32)52-47-29-9-5-22(16-37(29)70-3)21-4-8-28(36(15-21)69-2)46-45-24-6-11-33(53)27(18-24)44(57)58;;;/h4-20,46-47,49-50H,1-3H3,(H,57,58)(H,59,60,61)(H,62,63,64)(H,65,66,67);;;/q;3*+1/p-3. The predicted molar refractivity (Wildman–Crippen MR) is 254 cm³/mol. The van der Waals surface area contributed by atoms with Crippen LogP contribution in [0.1, 0.15) is 15.9 Å². The molecule has 0 amide bonds. The SMILES string of the molecule is COc1cc(-c2ccc(NN=C3C(=O)c4c(cc(S(=O)(=O)[O-])cc4NN=c4ccc(=O)c(=NNc5cc(S(=O)(=O)[O-])ccc5OC)c4=O)C=C3S(=O)(=O)[O-])c(OC)c2)ccc1NN=C1C=CC(=O)C(C(=O)O)=C1.[Na+].[Na+].[Na+]. The number of rotatable bonds is 16. The van der Waals surface area contributed by atoms with Gasteiger partial charge in [0, 0.05) is 0 Å². The molecule has 0 spiro atoms. The molecule has 376 valence electrons. The Morgan fingerprint density at radius 2 is 1.12 bits per heavy atom. The van der Waals surface area contributed by atoms with Gasteiger partial charge < -0.3 is 33.0 Å². The Balaban J connectivity index is 0.00000416. The molecule has 2 aliphatic rings. The van der Waals surface area contributed by atoms with E-state index in [1.165, 1.54) is 39.5 Å². The fourth-order valence-electron chi connectivity index (χ4n) is 6.80. The first-order valence-electron chi connectivity index (χ1n) is 20.1. The summed E-state index contributed by atoms with van der Waals surface area (Å²) in [5.41, 5.74) is 5.57. The van der Waals surface area contributed by atoms with E-state index in [0.717, 1.165) is 42.5 Å². The van der Waals surface area contributed by atoms with Crippen molar-refractivity contribution in [3.8, 4) is 28.4 Å². The Bertz CT molecular complexity index is 3990. The van der Waals surface area contributed by atoms with E-state index < -0.39 is 112 Å². The average Bonchev–Trinajstić information content (AvgIpc) is 3.34. The van der Waals surface area contributed by atoms with E-state index >= 15 is 0 Å². The Kier molecular flexibility index (Phi) is 20.9. The van der Waals surface area contributed by atoms with Crippen molar-refractivity contribution in [3.63, 3.8) is 0 Å². The molecule has 5 N–H and O–H groups in total. The number of carbonyl (C=O) groups is 3. The van der Waals surface area contributed by atoms with Gasteiger partial charge in [0.1, 0.15) is 64.2 Å². The van der Waals surface area contributed by atoms with Crippen molar-refractivity contribution in [3.05, 3.63) is 150 Å². The fourth-order valence-corrected chi connectivity index (χ4v) is 8.47. The third-order valence-electron chi connectivity index (χ3n) is 10.3. The summed E-state index contributed by atoms with van der Waals surface area (Å²) in [5, 5.41) is 23.5. The van der Waals surface area contributed by atoms with Crippen LogP contribution < -0.4 is 146 Å². The normalized spacial score (nSPS) is 14.8. The molecule has 0 unspecified atom stereocenters. The number of aliphatic carboxylic acids is 1. The first-order chi connectivity index (χ1) is 34.4. The zero-order chi connectivity index (χ0) is 53.2. The maximum absolute atomic E-state index is 14.3. The van der Waals surface area contributed by atoms with Crippen molar-refractivity contribution in [1.29, 1.82) is 0 Å². The van der Waals surface area contributed by atoms with Crippen LogP contribution in [-0.2, 0) is 39.9 Å². The second kappa shape index (κ2) is 25.4. The maximum Gasteiger partial charge on any atom is 1.00 e. The number of ether oxygens (including phenoxy) is 3. The van der Waals surface area contributed by atoms with Crippen molar-refractivity contribution in [1.82, 2.24) is 0 Å². The number of allylic oxidation sites excluding steroid dienone is 4. The second-order valence-electron chi connectivity index (χ2n) is 14.8. The molecule has 5 aromatic carbocycles. The number of hydrogen-bond acceptors (Lipinski definition) is 25. The van der Waals surface area contributed by atoms with Gasteiger partial charge in [-0.1, -0.05) is 12.1 Å². The summed E-state index contributed by atoms with van der Waals surface area (Å²) >= 11 is 0. The minimum absolute atomic E-state index is 0. The number of nitrogens with one attached hydrogen (secondary N) is 4. The molecule has 76 heavy (non-hydrogen) atoms. The van der Waals surface area contributed by atoms with E-state index in [4.69, 9.17) is 14.2 Å². The van der Waals surface area contributed by atoms with Crippen LogP contribution >= 0.6 is 0 Å². The summed E-state index contributed by atoms with van der Waals surface area (Å²) in [6.45, 7) is 0. The third-order valence-corrected chi connectivity index (χ3v) is 12.8. The number of ketones is 2.